The zero-order chi connectivity index (χ0) is 25.1. The first-order valence-corrected chi connectivity index (χ1v) is 12.9. The fourth-order valence-electron chi connectivity index (χ4n) is 4.70. The Labute approximate surface area is 212 Å². The van der Waals surface area contributed by atoms with Crippen molar-refractivity contribution in [3.8, 4) is 0 Å². The van der Waals surface area contributed by atoms with Crippen LogP contribution in [0.2, 0.25) is 0 Å². The molecule has 0 unspecified atom stereocenters. The summed E-state index contributed by atoms with van der Waals surface area (Å²) in [5.74, 6) is -1.10. The lowest BCUT2D eigenvalue weighted by molar-refractivity contribution is -0.116. The molecule has 0 bridgehead atoms. The number of pyridine rings is 1. The van der Waals surface area contributed by atoms with Gasteiger partial charge >= 0.3 is 0 Å². The van der Waals surface area contributed by atoms with Gasteiger partial charge in [-0.1, -0.05) is 18.2 Å². The second-order valence-electron chi connectivity index (χ2n) is 8.92. The Bertz CT molecular complexity index is 1300. The molecule has 2 N–H and O–H groups in total. The third-order valence-corrected chi connectivity index (χ3v) is 7.70. The summed E-state index contributed by atoms with van der Waals surface area (Å²) in [7, 11) is 0. The molecule has 0 saturated heterocycles. The molecule has 3 aromatic rings. The normalized spacial score (nSPS) is 14.4. The number of thiophene rings is 1. The monoisotopic (exact) mass is 502 g/mol. The number of imide groups is 1. The van der Waals surface area contributed by atoms with Crippen molar-refractivity contribution in [1.29, 1.82) is 0 Å². The van der Waals surface area contributed by atoms with Crippen LogP contribution in [0.5, 0.6) is 0 Å². The van der Waals surface area contributed by atoms with E-state index >= 15 is 0 Å². The molecule has 36 heavy (non-hydrogen) atoms. The lowest BCUT2D eigenvalue weighted by atomic mass is 9.95. The predicted octanol–water partition coefficient (Wildman–Crippen LogP) is 3.97. The van der Waals surface area contributed by atoms with Crippen molar-refractivity contribution in [2.24, 2.45) is 0 Å². The number of hydrogen-bond donors (Lipinski definition) is 2. The highest BCUT2D eigenvalue weighted by Gasteiger charge is 2.34. The summed E-state index contributed by atoms with van der Waals surface area (Å²) in [4.78, 5) is 57.4. The van der Waals surface area contributed by atoms with Gasteiger partial charge in [0.25, 0.3) is 17.7 Å². The number of amides is 4. The molecule has 0 fully saturated rings. The number of aromatic nitrogens is 1. The molecular weight excluding hydrogens is 476 g/mol. The number of carbonyl (C=O) groups is 4. The van der Waals surface area contributed by atoms with E-state index in [0.29, 0.717) is 34.7 Å². The van der Waals surface area contributed by atoms with Crippen LogP contribution in [0, 0.1) is 0 Å². The quantitative estimate of drug-likeness (QED) is 0.453. The first-order chi connectivity index (χ1) is 17.5. The molecule has 184 valence electrons. The van der Waals surface area contributed by atoms with Crippen molar-refractivity contribution < 1.29 is 19.2 Å². The van der Waals surface area contributed by atoms with Crippen LogP contribution in [0.25, 0.3) is 0 Å². The van der Waals surface area contributed by atoms with Gasteiger partial charge in [-0.25, -0.2) is 0 Å². The Kier molecular flexibility index (Phi) is 6.90. The van der Waals surface area contributed by atoms with Crippen LogP contribution in [0.4, 0.5) is 5.00 Å². The van der Waals surface area contributed by atoms with Crippen LogP contribution in [0.15, 0.2) is 48.8 Å². The number of hydrogen-bond acceptors (Lipinski definition) is 6. The molecule has 0 atom stereocenters. The Balaban J connectivity index is 1.22. The van der Waals surface area contributed by atoms with E-state index in [0.717, 1.165) is 41.7 Å². The van der Waals surface area contributed by atoms with Gasteiger partial charge in [0.1, 0.15) is 5.00 Å². The Morgan fingerprint density at radius 1 is 1.00 bits per heavy atom. The van der Waals surface area contributed by atoms with Gasteiger partial charge in [-0.05, 0) is 61.4 Å². The van der Waals surface area contributed by atoms with Crippen molar-refractivity contribution in [3.05, 3.63) is 81.5 Å². The largest absolute Gasteiger partial charge is 0.348 e. The number of aryl methyl sites for hydroxylation is 1. The fourth-order valence-corrected chi connectivity index (χ4v) is 6.00. The van der Waals surface area contributed by atoms with Crippen LogP contribution < -0.4 is 10.6 Å². The van der Waals surface area contributed by atoms with Crippen molar-refractivity contribution in [2.75, 3.05) is 11.9 Å². The third kappa shape index (κ3) is 4.79. The molecule has 0 spiro atoms. The molecule has 1 aromatic carbocycles. The molecule has 5 rings (SSSR count). The first-order valence-electron chi connectivity index (χ1n) is 12.1. The number of fused-ring (bicyclic) bond motifs is 2. The maximum Gasteiger partial charge on any atom is 0.261 e. The topological polar surface area (TPSA) is 108 Å². The van der Waals surface area contributed by atoms with Gasteiger partial charge in [-0.15, -0.1) is 11.3 Å². The minimum Gasteiger partial charge on any atom is -0.348 e. The van der Waals surface area contributed by atoms with Crippen molar-refractivity contribution in [1.82, 2.24) is 15.2 Å². The van der Waals surface area contributed by atoms with E-state index in [-0.39, 0.29) is 36.6 Å². The smallest absolute Gasteiger partial charge is 0.261 e. The zero-order valence-corrected chi connectivity index (χ0v) is 20.5. The lowest BCUT2D eigenvalue weighted by Gasteiger charge is -2.14. The van der Waals surface area contributed by atoms with Crippen molar-refractivity contribution in [3.63, 3.8) is 0 Å². The van der Waals surface area contributed by atoms with E-state index < -0.39 is 0 Å². The van der Waals surface area contributed by atoms with Crippen LogP contribution in [0.3, 0.4) is 0 Å². The Morgan fingerprint density at radius 2 is 1.75 bits per heavy atom. The molecular formula is C27H26N4O4S. The van der Waals surface area contributed by atoms with Gasteiger partial charge in [0.05, 0.1) is 16.7 Å². The van der Waals surface area contributed by atoms with Crippen molar-refractivity contribution in [2.45, 2.75) is 45.1 Å². The maximum absolute atomic E-state index is 13.2. The Morgan fingerprint density at radius 3 is 2.47 bits per heavy atom. The molecule has 3 heterocycles. The van der Waals surface area contributed by atoms with Crippen LogP contribution in [0.1, 0.15) is 72.8 Å². The van der Waals surface area contributed by atoms with Crippen LogP contribution in [-0.2, 0) is 24.2 Å². The molecule has 2 aliphatic rings. The SMILES string of the molecule is O=C(CCCN1C(=O)c2ccccc2C1=O)Nc1sc2c(c1C(=O)NCc1cccnc1)CCCC2. The summed E-state index contributed by atoms with van der Waals surface area (Å²) in [5, 5.41) is 6.45. The van der Waals surface area contributed by atoms with E-state index in [9.17, 15) is 19.2 Å². The molecule has 4 amide bonds. The van der Waals surface area contributed by atoms with E-state index in [1.54, 1.807) is 36.7 Å². The van der Waals surface area contributed by atoms with Crippen LogP contribution >= 0.6 is 11.3 Å². The third-order valence-electron chi connectivity index (χ3n) is 6.49. The van der Waals surface area contributed by atoms with Gasteiger partial charge in [-0.3, -0.25) is 29.1 Å². The van der Waals surface area contributed by atoms with Gasteiger partial charge < -0.3 is 10.6 Å². The number of benzene rings is 1. The summed E-state index contributed by atoms with van der Waals surface area (Å²) < 4.78 is 0. The maximum atomic E-state index is 13.2. The summed E-state index contributed by atoms with van der Waals surface area (Å²) >= 11 is 1.47. The van der Waals surface area contributed by atoms with E-state index in [4.69, 9.17) is 0 Å². The average Bonchev–Trinajstić information content (AvgIpc) is 3.38. The standard InChI is InChI=1S/C27H26N4O4S/c32-22(12-6-14-31-26(34)18-8-1-2-9-19(18)27(31)35)30-25-23(20-10-3-4-11-21(20)36-25)24(33)29-16-17-7-5-13-28-15-17/h1-2,5,7-9,13,15H,3-4,6,10-12,14,16H2,(H,29,33)(H,30,32). The highest BCUT2D eigenvalue weighted by atomic mass is 32.1. The van der Waals surface area contributed by atoms with Crippen molar-refractivity contribution >= 4 is 40.0 Å². The minimum absolute atomic E-state index is 0.132. The molecule has 0 radical (unpaired) electrons. The zero-order valence-electron chi connectivity index (χ0n) is 19.7. The number of nitrogens with zero attached hydrogens (tertiary/aromatic N) is 2. The minimum atomic E-state index is -0.325. The number of nitrogens with one attached hydrogen (secondary N) is 2. The van der Waals surface area contributed by atoms with Gasteiger partial charge in [-0.2, -0.15) is 0 Å². The first kappa shape index (κ1) is 23.9. The number of anilines is 1. The van der Waals surface area contributed by atoms with E-state index in [1.165, 1.54) is 16.2 Å². The number of carbonyl (C=O) groups excluding carboxylic acids is 4. The molecule has 2 aromatic heterocycles. The molecule has 9 heteroatoms. The summed E-state index contributed by atoms with van der Waals surface area (Å²) in [6, 6.07) is 10.5. The fraction of sp³-hybridized carbons (Fsp3) is 0.296. The van der Waals surface area contributed by atoms with Gasteiger partial charge in [0, 0.05) is 36.8 Å². The molecule has 0 saturated carbocycles. The highest BCUT2D eigenvalue weighted by molar-refractivity contribution is 7.17. The summed E-state index contributed by atoms with van der Waals surface area (Å²) in [6.07, 6.45) is 7.66. The second-order valence-corrected chi connectivity index (χ2v) is 10.0. The molecule has 1 aliphatic carbocycles. The summed E-state index contributed by atoms with van der Waals surface area (Å²) in [6.45, 7) is 0.518. The Hall–Kier alpha value is -3.85. The van der Waals surface area contributed by atoms with Crippen LogP contribution in [-0.4, -0.2) is 40.1 Å². The van der Waals surface area contributed by atoms with Gasteiger partial charge in [0.15, 0.2) is 0 Å². The highest BCUT2D eigenvalue weighted by Crippen LogP contribution is 2.38. The van der Waals surface area contributed by atoms with Gasteiger partial charge in [0.2, 0.25) is 5.91 Å². The van der Waals surface area contributed by atoms with E-state index in [2.05, 4.69) is 15.6 Å². The molecule has 8 nitrogen and oxygen atoms in total. The number of rotatable bonds is 8. The van der Waals surface area contributed by atoms with E-state index in [1.807, 2.05) is 12.1 Å². The summed E-state index contributed by atoms with van der Waals surface area (Å²) in [5.41, 5.74) is 3.27. The predicted molar refractivity (Wildman–Crippen MR) is 136 cm³/mol. The average molecular weight is 503 g/mol. The second kappa shape index (κ2) is 10.4. The molecule has 1 aliphatic heterocycles. The lowest BCUT2D eigenvalue weighted by Crippen LogP contribution is -2.31.